The Balaban J connectivity index is 1.86. The molecule has 158 valence electrons. The molecular formula is C22H31N3O4. The number of nitrogens with one attached hydrogen (secondary N) is 2. The molecule has 2 aromatic rings. The van der Waals surface area contributed by atoms with Crippen LogP contribution in [0.1, 0.15) is 19.4 Å². The van der Waals surface area contributed by atoms with Crippen LogP contribution in [0.5, 0.6) is 23.0 Å². The lowest BCUT2D eigenvalue weighted by atomic mass is 10.2. The van der Waals surface area contributed by atoms with Crippen molar-refractivity contribution in [3.8, 4) is 23.0 Å². The number of methoxy groups -OCH3 is 2. The van der Waals surface area contributed by atoms with E-state index in [1.54, 1.807) is 21.3 Å². The maximum absolute atomic E-state index is 5.96. The molecule has 2 N–H and O–H groups in total. The second-order valence-corrected chi connectivity index (χ2v) is 6.30. The molecule has 0 amide bonds. The lowest BCUT2D eigenvalue weighted by Crippen LogP contribution is -2.41. The van der Waals surface area contributed by atoms with Crippen LogP contribution >= 0.6 is 0 Å². The average molecular weight is 402 g/mol. The predicted molar refractivity (Wildman–Crippen MR) is 115 cm³/mol. The Hall–Kier alpha value is -3.09. The molecule has 0 saturated heterocycles. The normalized spacial score (nSPS) is 12.1. The van der Waals surface area contributed by atoms with Gasteiger partial charge in [0.25, 0.3) is 0 Å². The van der Waals surface area contributed by atoms with E-state index in [9.17, 15) is 0 Å². The molecule has 0 fully saturated rings. The minimum atomic E-state index is -0.0737. The van der Waals surface area contributed by atoms with Gasteiger partial charge in [0.15, 0.2) is 29.0 Å². The molecule has 0 saturated carbocycles. The Kier molecular flexibility index (Phi) is 8.95. The SMILES string of the molecule is CCOc1ccc(CNC(=NC)NCC(C)Oc2ccccc2OC)cc1OC. The maximum atomic E-state index is 5.96. The summed E-state index contributed by atoms with van der Waals surface area (Å²) in [6, 6.07) is 13.5. The molecule has 0 aliphatic heterocycles. The molecule has 0 aromatic heterocycles. The molecule has 0 aliphatic rings. The van der Waals surface area contributed by atoms with Crippen LogP contribution in [0.4, 0.5) is 0 Å². The van der Waals surface area contributed by atoms with Crippen molar-refractivity contribution in [2.75, 3.05) is 34.4 Å². The van der Waals surface area contributed by atoms with Crippen molar-refractivity contribution in [2.45, 2.75) is 26.5 Å². The first-order valence-electron chi connectivity index (χ1n) is 9.65. The average Bonchev–Trinajstić information content (AvgIpc) is 2.75. The van der Waals surface area contributed by atoms with Crippen molar-refractivity contribution in [2.24, 2.45) is 4.99 Å². The molecule has 1 atom stereocenters. The van der Waals surface area contributed by atoms with Gasteiger partial charge in [-0.2, -0.15) is 0 Å². The van der Waals surface area contributed by atoms with E-state index in [1.165, 1.54) is 0 Å². The zero-order chi connectivity index (χ0) is 21.1. The number of aliphatic imine (C=N–C) groups is 1. The van der Waals surface area contributed by atoms with Crippen molar-refractivity contribution in [3.63, 3.8) is 0 Å². The molecule has 7 heteroatoms. The number of hydrogen-bond donors (Lipinski definition) is 2. The molecule has 2 aromatic carbocycles. The van der Waals surface area contributed by atoms with Crippen molar-refractivity contribution in [1.29, 1.82) is 0 Å². The molecule has 7 nitrogen and oxygen atoms in total. The molecule has 2 rings (SSSR count). The lowest BCUT2D eigenvalue weighted by molar-refractivity contribution is 0.213. The Labute approximate surface area is 173 Å². The highest BCUT2D eigenvalue weighted by Crippen LogP contribution is 2.28. The van der Waals surface area contributed by atoms with Crippen LogP contribution in [-0.4, -0.2) is 46.5 Å². The third-order valence-electron chi connectivity index (χ3n) is 4.17. The first kappa shape index (κ1) is 22.2. The summed E-state index contributed by atoms with van der Waals surface area (Å²) in [6.07, 6.45) is -0.0737. The summed E-state index contributed by atoms with van der Waals surface area (Å²) in [5.41, 5.74) is 1.06. The maximum Gasteiger partial charge on any atom is 0.191 e. The van der Waals surface area contributed by atoms with E-state index in [-0.39, 0.29) is 6.10 Å². The fraction of sp³-hybridized carbons (Fsp3) is 0.409. The predicted octanol–water partition coefficient (Wildman–Crippen LogP) is 3.24. The third-order valence-corrected chi connectivity index (χ3v) is 4.17. The van der Waals surface area contributed by atoms with Crippen molar-refractivity contribution < 1.29 is 18.9 Å². The van der Waals surface area contributed by atoms with Gasteiger partial charge < -0.3 is 29.6 Å². The van der Waals surface area contributed by atoms with Gasteiger partial charge in [0.2, 0.25) is 0 Å². The zero-order valence-corrected chi connectivity index (χ0v) is 17.8. The summed E-state index contributed by atoms with van der Waals surface area (Å²) in [5.74, 6) is 3.57. The summed E-state index contributed by atoms with van der Waals surface area (Å²) in [6.45, 7) is 5.72. The number of guanidine groups is 1. The third kappa shape index (κ3) is 6.78. The van der Waals surface area contributed by atoms with Gasteiger partial charge in [-0.3, -0.25) is 4.99 Å². The Morgan fingerprint density at radius 3 is 2.34 bits per heavy atom. The minimum absolute atomic E-state index is 0.0737. The quantitative estimate of drug-likeness (QED) is 0.470. The zero-order valence-electron chi connectivity index (χ0n) is 17.8. The monoisotopic (exact) mass is 401 g/mol. The number of benzene rings is 2. The van der Waals surface area contributed by atoms with E-state index >= 15 is 0 Å². The van der Waals surface area contributed by atoms with Gasteiger partial charge in [-0.25, -0.2) is 0 Å². The van der Waals surface area contributed by atoms with Gasteiger partial charge in [-0.1, -0.05) is 18.2 Å². The Morgan fingerprint density at radius 2 is 1.69 bits per heavy atom. The van der Waals surface area contributed by atoms with Crippen LogP contribution in [0.2, 0.25) is 0 Å². The minimum Gasteiger partial charge on any atom is -0.493 e. The fourth-order valence-corrected chi connectivity index (χ4v) is 2.72. The molecule has 29 heavy (non-hydrogen) atoms. The molecular weight excluding hydrogens is 370 g/mol. The first-order chi connectivity index (χ1) is 14.1. The molecule has 0 aliphatic carbocycles. The number of ether oxygens (including phenoxy) is 4. The van der Waals surface area contributed by atoms with E-state index in [0.29, 0.717) is 42.9 Å². The smallest absolute Gasteiger partial charge is 0.191 e. The van der Waals surface area contributed by atoms with Crippen LogP contribution < -0.4 is 29.6 Å². The first-order valence-corrected chi connectivity index (χ1v) is 9.65. The van der Waals surface area contributed by atoms with E-state index in [0.717, 1.165) is 11.3 Å². The number of para-hydroxylation sites is 2. The van der Waals surface area contributed by atoms with E-state index in [4.69, 9.17) is 18.9 Å². The summed E-state index contributed by atoms with van der Waals surface area (Å²) in [4.78, 5) is 4.26. The van der Waals surface area contributed by atoms with Crippen LogP contribution in [-0.2, 0) is 6.54 Å². The van der Waals surface area contributed by atoms with E-state index in [1.807, 2.05) is 56.3 Å². The van der Waals surface area contributed by atoms with E-state index < -0.39 is 0 Å². The highest BCUT2D eigenvalue weighted by atomic mass is 16.5. The highest BCUT2D eigenvalue weighted by molar-refractivity contribution is 5.79. The number of rotatable bonds is 10. The Morgan fingerprint density at radius 1 is 0.966 bits per heavy atom. The van der Waals surface area contributed by atoms with Crippen molar-refractivity contribution in [1.82, 2.24) is 10.6 Å². The van der Waals surface area contributed by atoms with Crippen molar-refractivity contribution >= 4 is 5.96 Å². The van der Waals surface area contributed by atoms with Gasteiger partial charge in [-0.05, 0) is 43.7 Å². The van der Waals surface area contributed by atoms with Crippen molar-refractivity contribution in [3.05, 3.63) is 48.0 Å². The van der Waals surface area contributed by atoms with E-state index in [2.05, 4.69) is 15.6 Å². The summed E-state index contributed by atoms with van der Waals surface area (Å²) < 4.78 is 22.2. The largest absolute Gasteiger partial charge is 0.493 e. The van der Waals surface area contributed by atoms with Gasteiger partial charge in [0.05, 0.1) is 27.4 Å². The van der Waals surface area contributed by atoms with Gasteiger partial charge in [-0.15, -0.1) is 0 Å². The van der Waals surface area contributed by atoms with Gasteiger partial charge >= 0.3 is 0 Å². The molecule has 1 unspecified atom stereocenters. The fourth-order valence-electron chi connectivity index (χ4n) is 2.72. The molecule has 0 radical (unpaired) electrons. The number of hydrogen-bond acceptors (Lipinski definition) is 5. The second-order valence-electron chi connectivity index (χ2n) is 6.30. The summed E-state index contributed by atoms with van der Waals surface area (Å²) in [7, 11) is 5.01. The number of nitrogens with zero attached hydrogens (tertiary/aromatic N) is 1. The van der Waals surface area contributed by atoms with Crippen LogP contribution in [0, 0.1) is 0 Å². The highest BCUT2D eigenvalue weighted by Gasteiger charge is 2.10. The molecule has 0 heterocycles. The van der Waals surface area contributed by atoms with Gasteiger partial charge in [0, 0.05) is 13.6 Å². The topological polar surface area (TPSA) is 73.3 Å². The molecule has 0 spiro atoms. The second kappa shape index (κ2) is 11.7. The summed E-state index contributed by atoms with van der Waals surface area (Å²) in [5, 5.41) is 6.57. The molecule has 0 bridgehead atoms. The van der Waals surface area contributed by atoms with Crippen LogP contribution in [0.25, 0.3) is 0 Å². The standard InChI is InChI=1S/C22H31N3O4/c1-6-28-19-12-11-17(13-21(19)27-5)15-25-22(23-3)24-14-16(2)29-20-10-8-7-9-18(20)26-4/h7-13,16H,6,14-15H2,1-5H3,(H2,23,24,25). The lowest BCUT2D eigenvalue weighted by Gasteiger charge is -2.19. The van der Waals surface area contributed by atoms with Gasteiger partial charge in [0.1, 0.15) is 6.10 Å². The Bertz CT molecular complexity index is 795. The van der Waals surface area contributed by atoms with Crippen LogP contribution in [0.3, 0.4) is 0 Å². The summed E-state index contributed by atoms with van der Waals surface area (Å²) >= 11 is 0. The van der Waals surface area contributed by atoms with Crippen LogP contribution in [0.15, 0.2) is 47.5 Å².